The molecule has 4 rings (SSSR count). The van der Waals surface area contributed by atoms with E-state index in [0.717, 1.165) is 39.6 Å². The van der Waals surface area contributed by atoms with Gasteiger partial charge in [0.15, 0.2) is 10.9 Å². The fourth-order valence-electron chi connectivity index (χ4n) is 3.18. The van der Waals surface area contributed by atoms with Gasteiger partial charge in [-0.1, -0.05) is 36.0 Å². The van der Waals surface area contributed by atoms with Crippen molar-refractivity contribution >= 4 is 39.8 Å². The highest BCUT2D eigenvalue weighted by atomic mass is 32.2. The van der Waals surface area contributed by atoms with Gasteiger partial charge in [0.05, 0.1) is 5.25 Å². The van der Waals surface area contributed by atoms with Crippen molar-refractivity contribution in [3.05, 3.63) is 63.7 Å². The Labute approximate surface area is 165 Å². The van der Waals surface area contributed by atoms with Gasteiger partial charge in [0.1, 0.15) is 5.82 Å². The summed E-state index contributed by atoms with van der Waals surface area (Å²) in [5.74, 6) is 1.01. The second-order valence-electron chi connectivity index (χ2n) is 6.51. The standard InChI is InChI=1S/C20H20N4OS2/c1-12-18(15-8-4-5-9-16(15)21-12)19(25)13(2)27-20-23-22-17(24(20)3)11-14-7-6-10-26-14/h4-10,13,21H,11H2,1-3H3. The van der Waals surface area contributed by atoms with Crippen molar-refractivity contribution in [2.75, 3.05) is 0 Å². The van der Waals surface area contributed by atoms with Crippen molar-refractivity contribution < 1.29 is 4.79 Å². The highest BCUT2D eigenvalue weighted by Gasteiger charge is 2.24. The summed E-state index contributed by atoms with van der Waals surface area (Å²) >= 11 is 3.17. The first-order valence-electron chi connectivity index (χ1n) is 8.73. The smallest absolute Gasteiger partial charge is 0.191 e. The molecule has 27 heavy (non-hydrogen) atoms. The maximum atomic E-state index is 13.1. The first kappa shape index (κ1) is 18.0. The molecule has 1 N–H and O–H groups in total. The molecule has 1 unspecified atom stereocenters. The molecular formula is C20H20N4OS2. The summed E-state index contributed by atoms with van der Waals surface area (Å²) in [4.78, 5) is 17.7. The van der Waals surface area contributed by atoms with Gasteiger partial charge in [0.2, 0.25) is 0 Å². The Balaban J connectivity index is 1.55. The van der Waals surface area contributed by atoms with Crippen LogP contribution in [-0.2, 0) is 13.5 Å². The van der Waals surface area contributed by atoms with Crippen LogP contribution < -0.4 is 0 Å². The molecule has 5 nitrogen and oxygen atoms in total. The van der Waals surface area contributed by atoms with Crippen molar-refractivity contribution in [1.82, 2.24) is 19.7 Å². The molecule has 0 bridgehead atoms. The zero-order valence-corrected chi connectivity index (χ0v) is 17.0. The second kappa shape index (κ2) is 7.32. The number of carbonyl (C=O) groups is 1. The number of benzene rings is 1. The maximum absolute atomic E-state index is 13.1. The van der Waals surface area contributed by atoms with E-state index in [1.165, 1.54) is 16.6 Å². The molecule has 1 aromatic carbocycles. The minimum atomic E-state index is -0.250. The zero-order chi connectivity index (χ0) is 19.0. The number of aryl methyl sites for hydroxylation is 1. The quantitative estimate of drug-likeness (QED) is 0.381. The van der Waals surface area contributed by atoms with Crippen LogP contribution in [0.2, 0.25) is 0 Å². The topological polar surface area (TPSA) is 63.6 Å². The van der Waals surface area contributed by atoms with Gasteiger partial charge in [-0.15, -0.1) is 21.5 Å². The van der Waals surface area contributed by atoms with Crippen molar-refractivity contribution in [2.45, 2.75) is 30.7 Å². The van der Waals surface area contributed by atoms with E-state index in [0.29, 0.717) is 0 Å². The normalized spacial score (nSPS) is 12.6. The third-order valence-corrected chi connectivity index (χ3v) is 6.64. The molecule has 4 aromatic rings. The number of nitrogens with one attached hydrogen (secondary N) is 1. The fraction of sp³-hybridized carbons (Fsp3) is 0.250. The van der Waals surface area contributed by atoms with E-state index in [1.807, 2.05) is 55.8 Å². The third-order valence-electron chi connectivity index (χ3n) is 4.63. The summed E-state index contributed by atoms with van der Waals surface area (Å²) in [5.41, 5.74) is 2.67. The second-order valence-corrected chi connectivity index (χ2v) is 8.85. The van der Waals surface area contributed by atoms with E-state index in [4.69, 9.17) is 0 Å². The predicted octanol–water partition coefficient (Wildman–Crippen LogP) is 4.62. The van der Waals surface area contributed by atoms with Gasteiger partial charge in [0.25, 0.3) is 0 Å². The summed E-state index contributed by atoms with van der Waals surface area (Å²) < 4.78 is 1.98. The Bertz CT molecular complexity index is 1090. The first-order valence-corrected chi connectivity index (χ1v) is 10.5. The number of para-hydroxylation sites is 1. The van der Waals surface area contributed by atoms with E-state index in [9.17, 15) is 4.79 Å². The molecule has 0 aliphatic rings. The minimum absolute atomic E-state index is 0.109. The van der Waals surface area contributed by atoms with Crippen LogP contribution in [0.4, 0.5) is 0 Å². The van der Waals surface area contributed by atoms with Gasteiger partial charge in [-0.2, -0.15) is 0 Å². The number of hydrogen-bond acceptors (Lipinski definition) is 5. The van der Waals surface area contributed by atoms with Gasteiger partial charge in [-0.25, -0.2) is 0 Å². The van der Waals surface area contributed by atoms with Crippen LogP contribution in [0.25, 0.3) is 10.9 Å². The Kier molecular flexibility index (Phi) is 4.88. The summed E-state index contributed by atoms with van der Waals surface area (Å²) in [6.07, 6.45) is 0.756. The molecule has 0 spiro atoms. The van der Waals surface area contributed by atoms with Crippen molar-refractivity contribution in [3.8, 4) is 0 Å². The summed E-state index contributed by atoms with van der Waals surface area (Å²) in [5, 5.41) is 12.2. The molecule has 0 amide bonds. The van der Waals surface area contributed by atoms with E-state index >= 15 is 0 Å². The molecule has 138 valence electrons. The van der Waals surface area contributed by atoms with E-state index in [1.54, 1.807) is 11.3 Å². The number of fused-ring (bicyclic) bond motifs is 1. The zero-order valence-electron chi connectivity index (χ0n) is 15.4. The third kappa shape index (κ3) is 3.44. The lowest BCUT2D eigenvalue weighted by molar-refractivity contribution is 0.0995. The number of hydrogen-bond donors (Lipinski definition) is 1. The molecule has 0 radical (unpaired) electrons. The lowest BCUT2D eigenvalue weighted by Crippen LogP contribution is -2.15. The molecule has 1 atom stereocenters. The number of aromatic nitrogens is 4. The fourth-order valence-corrected chi connectivity index (χ4v) is 4.77. The molecule has 0 aliphatic carbocycles. The van der Waals surface area contributed by atoms with Gasteiger partial charge < -0.3 is 9.55 Å². The highest BCUT2D eigenvalue weighted by Crippen LogP contribution is 2.29. The Morgan fingerprint density at radius 3 is 2.85 bits per heavy atom. The number of thioether (sulfide) groups is 1. The van der Waals surface area contributed by atoms with Crippen molar-refractivity contribution in [3.63, 3.8) is 0 Å². The molecule has 0 fully saturated rings. The average molecular weight is 397 g/mol. The lowest BCUT2D eigenvalue weighted by atomic mass is 10.1. The predicted molar refractivity (Wildman–Crippen MR) is 111 cm³/mol. The average Bonchev–Trinajstić information content (AvgIpc) is 3.36. The molecule has 3 heterocycles. The van der Waals surface area contributed by atoms with Crippen LogP contribution in [0.15, 0.2) is 46.9 Å². The lowest BCUT2D eigenvalue weighted by Gasteiger charge is -2.10. The first-order chi connectivity index (χ1) is 13.0. The highest BCUT2D eigenvalue weighted by molar-refractivity contribution is 8.00. The van der Waals surface area contributed by atoms with Crippen molar-refractivity contribution in [2.24, 2.45) is 7.05 Å². The number of ketones is 1. The summed E-state index contributed by atoms with van der Waals surface area (Å²) in [6, 6.07) is 12.1. The van der Waals surface area contributed by atoms with Crippen LogP contribution in [-0.4, -0.2) is 30.8 Å². The van der Waals surface area contributed by atoms with Gasteiger partial charge in [-0.3, -0.25) is 4.79 Å². The summed E-state index contributed by atoms with van der Waals surface area (Å²) in [6.45, 7) is 3.88. The maximum Gasteiger partial charge on any atom is 0.191 e. The molecule has 0 saturated carbocycles. The van der Waals surface area contributed by atoms with Crippen LogP contribution in [0.1, 0.15) is 33.7 Å². The van der Waals surface area contributed by atoms with Crippen LogP contribution in [0, 0.1) is 6.92 Å². The molecule has 0 aliphatic heterocycles. The number of carbonyl (C=O) groups excluding carboxylic acids is 1. The van der Waals surface area contributed by atoms with E-state index < -0.39 is 0 Å². The van der Waals surface area contributed by atoms with Crippen LogP contribution >= 0.6 is 23.1 Å². The minimum Gasteiger partial charge on any atom is -0.358 e. The number of H-pyrrole nitrogens is 1. The van der Waals surface area contributed by atoms with Crippen molar-refractivity contribution in [1.29, 1.82) is 0 Å². The van der Waals surface area contributed by atoms with Gasteiger partial charge in [-0.05, 0) is 31.4 Å². The number of Topliss-reactive ketones (excluding diaryl/α,β-unsaturated/α-hetero) is 1. The molecule has 0 saturated heterocycles. The summed E-state index contributed by atoms with van der Waals surface area (Å²) in [7, 11) is 1.96. The molecule has 7 heteroatoms. The molecule has 3 aromatic heterocycles. The Morgan fingerprint density at radius 1 is 1.26 bits per heavy atom. The Morgan fingerprint density at radius 2 is 2.07 bits per heavy atom. The van der Waals surface area contributed by atoms with E-state index in [-0.39, 0.29) is 11.0 Å². The number of thiophene rings is 1. The Hall–Kier alpha value is -2.38. The number of nitrogens with zero attached hydrogens (tertiary/aromatic N) is 3. The van der Waals surface area contributed by atoms with Gasteiger partial charge >= 0.3 is 0 Å². The van der Waals surface area contributed by atoms with Crippen LogP contribution in [0.5, 0.6) is 0 Å². The monoisotopic (exact) mass is 396 g/mol. The molecular weight excluding hydrogens is 376 g/mol. The van der Waals surface area contributed by atoms with Gasteiger partial charge in [0, 0.05) is 40.5 Å². The van der Waals surface area contributed by atoms with E-state index in [2.05, 4.69) is 26.6 Å². The van der Waals surface area contributed by atoms with Crippen LogP contribution in [0.3, 0.4) is 0 Å². The largest absolute Gasteiger partial charge is 0.358 e. The SMILES string of the molecule is Cc1[nH]c2ccccc2c1C(=O)C(C)Sc1nnc(Cc2cccs2)n1C. The number of rotatable bonds is 6. The number of aromatic amines is 1.